The molecular formula is C10H20FNO2. The van der Waals surface area contributed by atoms with Gasteiger partial charge < -0.3 is 10.4 Å². The molecule has 0 aliphatic rings. The molecule has 0 radical (unpaired) electrons. The predicted molar refractivity (Wildman–Crippen MR) is 53.7 cm³/mol. The number of aliphatic hydroxyl groups excluding tert-OH is 1. The lowest BCUT2D eigenvalue weighted by atomic mass is 10.1. The highest BCUT2D eigenvalue weighted by Gasteiger charge is 2.26. The molecule has 0 saturated heterocycles. The number of alkyl halides is 1. The number of halogens is 1. The van der Waals surface area contributed by atoms with Crippen LogP contribution in [0.1, 0.15) is 34.1 Å². The highest BCUT2D eigenvalue weighted by atomic mass is 19.1. The summed E-state index contributed by atoms with van der Waals surface area (Å²) in [5.74, 6) is -0.319. The van der Waals surface area contributed by atoms with Gasteiger partial charge in [0.25, 0.3) is 5.91 Å². The number of hydrogen-bond donors (Lipinski definition) is 2. The zero-order chi connectivity index (χ0) is 11.4. The van der Waals surface area contributed by atoms with Gasteiger partial charge in [0.1, 0.15) is 0 Å². The maximum atomic E-state index is 13.0. The fourth-order valence-corrected chi connectivity index (χ4v) is 1.05. The van der Waals surface area contributed by atoms with Gasteiger partial charge in [0.15, 0.2) is 5.67 Å². The third-order valence-corrected chi connectivity index (χ3v) is 1.78. The molecule has 3 nitrogen and oxygen atoms in total. The minimum absolute atomic E-state index is 0.115. The van der Waals surface area contributed by atoms with E-state index in [4.69, 9.17) is 0 Å². The predicted octanol–water partition coefficient (Wildman–Crippen LogP) is 1.26. The van der Waals surface area contributed by atoms with E-state index in [0.717, 1.165) is 0 Å². The van der Waals surface area contributed by atoms with Crippen molar-refractivity contribution in [2.24, 2.45) is 5.92 Å². The first-order valence-corrected chi connectivity index (χ1v) is 4.88. The van der Waals surface area contributed by atoms with Gasteiger partial charge in [-0.1, -0.05) is 13.8 Å². The summed E-state index contributed by atoms with van der Waals surface area (Å²) in [7, 11) is 0. The van der Waals surface area contributed by atoms with E-state index in [1.165, 1.54) is 13.8 Å². The van der Waals surface area contributed by atoms with Crippen LogP contribution in [0.5, 0.6) is 0 Å². The third-order valence-electron chi connectivity index (χ3n) is 1.78. The molecule has 0 aliphatic heterocycles. The number of hydrogen-bond acceptors (Lipinski definition) is 2. The van der Waals surface area contributed by atoms with Crippen molar-refractivity contribution in [2.45, 2.75) is 45.9 Å². The van der Waals surface area contributed by atoms with Gasteiger partial charge >= 0.3 is 0 Å². The topological polar surface area (TPSA) is 49.3 Å². The average Bonchev–Trinajstić information content (AvgIpc) is 1.96. The first-order valence-electron chi connectivity index (χ1n) is 4.88. The molecule has 0 rings (SSSR count). The molecule has 0 aromatic rings. The van der Waals surface area contributed by atoms with E-state index >= 15 is 0 Å². The molecule has 2 N–H and O–H groups in total. The van der Waals surface area contributed by atoms with Gasteiger partial charge in [-0.05, 0) is 26.2 Å². The Balaban J connectivity index is 3.78. The van der Waals surface area contributed by atoms with Gasteiger partial charge in [0.2, 0.25) is 0 Å². The summed E-state index contributed by atoms with van der Waals surface area (Å²) in [5, 5.41) is 11.8. The molecule has 1 unspecified atom stereocenters. The van der Waals surface area contributed by atoms with E-state index in [1.54, 1.807) is 0 Å². The summed E-state index contributed by atoms with van der Waals surface area (Å²) < 4.78 is 13.0. The SMILES string of the molecule is CC(C)CC(O)CNC(=O)C(C)(C)F. The molecule has 0 heterocycles. The Kier molecular flexibility index (Phi) is 5.05. The van der Waals surface area contributed by atoms with Crippen LogP contribution in [-0.2, 0) is 4.79 Å². The van der Waals surface area contributed by atoms with Crippen LogP contribution in [-0.4, -0.2) is 29.3 Å². The summed E-state index contributed by atoms with van der Waals surface area (Å²) in [5.41, 5.74) is -1.88. The number of rotatable bonds is 5. The number of amides is 1. The summed E-state index contributed by atoms with van der Waals surface area (Å²) in [6, 6.07) is 0. The minimum atomic E-state index is -1.88. The van der Waals surface area contributed by atoms with Gasteiger partial charge in [-0.3, -0.25) is 4.79 Å². The van der Waals surface area contributed by atoms with Crippen molar-refractivity contribution in [1.82, 2.24) is 5.32 Å². The van der Waals surface area contributed by atoms with E-state index in [1.807, 2.05) is 13.8 Å². The van der Waals surface area contributed by atoms with Gasteiger partial charge in [0.05, 0.1) is 6.10 Å². The summed E-state index contributed by atoms with van der Waals surface area (Å²) >= 11 is 0. The fraction of sp³-hybridized carbons (Fsp3) is 0.900. The maximum absolute atomic E-state index is 13.0. The summed E-state index contributed by atoms with van der Waals surface area (Å²) in [4.78, 5) is 11.1. The normalized spacial score (nSPS) is 14.2. The largest absolute Gasteiger partial charge is 0.391 e. The van der Waals surface area contributed by atoms with Crippen molar-refractivity contribution >= 4 is 5.91 Å². The van der Waals surface area contributed by atoms with E-state index in [0.29, 0.717) is 12.3 Å². The number of carbonyl (C=O) groups is 1. The molecule has 84 valence electrons. The van der Waals surface area contributed by atoms with Crippen molar-refractivity contribution in [3.05, 3.63) is 0 Å². The molecule has 0 fully saturated rings. The first kappa shape index (κ1) is 13.4. The van der Waals surface area contributed by atoms with Crippen LogP contribution in [0.2, 0.25) is 0 Å². The van der Waals surface area contributed by atoms with Crippen molar-refractivity contribution in [3.63, 3.8) is 0 Å². The molecule has 1 amide bonds. The second-order valence-electron chi connectivity index (χ2n) is 4.47. The fourth-order valence-electron chi connectivity index (χ4n) is 1.05. The summed E-state index contributed by atoms with van der Waals surface area (Å²) in [6.45, 7) is 6.45. The van der Waals surface area contributed by atoms with Crippen molar-refractivity contribution in [2.75, 3.05) is 6.54 Å². The molecular weight excluding hydrogens is 185 g/mol. The van der Waals surface area contributed by atoms with Crippen LogP contribution in [0.25, 0.3) is 0 Å². The molecule has 0 aliphatic carbocycles. The van der Waals surface area contributed by atoms with Crippen molar-refractivity contribution in [1.29, 1.82) is 0 Å². The molecule has 0 aromatic carbocycles. The standard InChI is InChI=1S/C10H20FNO2/c1-7(2)5-8(13)6-12-9(14)10(3,4)11/h7-8,13H,5-6H2,1-4H3,(H,12,14). The van der Waals surface area contributed by atoms with Crippen LogP contribution in [0.15, 0.2) is 0 Å². The average molecular weight is 205 g/mol. The van der Waals surface area contributed by atoms with Crippen LogP contribution in [0, 0.1) is 5.92 Å². The Hall–Kier alpha value is -0.640. The Morgan fingerprint density at radius 2 is 2.00 bits per heavy atom. The van der Waals surface area contributed by atoms with Crippen LogP contribution in [0.3, 0.4) is 0 Å². The van der Waals surface area contributed by atoms with E-state index < -0.39 is 17.7 Å². The Bertz CT molecular complexity index is 187. The molecule has 4 heteroatoms. The van der Waals surface area contributed by atoms with E-state index in [2.05, 4.69) is 5.32 Å². The van der Waals surface area contributed by atoms with Crippen LogP contribution >= 0.6 is 0 Å². The molecule has 0 bridgehead atoms. The van der Waals surface area contributed by atoms with Gasteiger partial charge in [-0.15, -0.1) is 0 Å². The van der Waals surface area contributed by atoms with Crippen LogP contribution < -0.4 is 5.32 Å². The van der Waals surface area contributed by atoms with Crippen molar-refractivity contribution < 1.29 is 14.3 Å². The number of carbonyl (C=O) groups excluding carboxylic acids is 1. The Labute approximate surface area is 84.7 Å². The smallest absolute Gasteiger partial charge is 0.257 e. The number of aliphatic hydroxyl groups is 1. The summed E-state index contributed by atoms with van der Waals surface area (Å²) in [6.07, 6.45) is 0.00814. The highest BCUT2D eigenvalue weighted by molar-refractivity contribution is 5.84. The van der Waals surface area contributed by atoms with E-state index in [9.17, 15) is 14.3 Å². The zero-order valence-electron chi connectivity index (χ0n) is 9.30. The molecule has 1 atom stereocenters. The Morgan fingerprint density at radius 3 is 2.36 bits per heavy atom. The molecule has 0 spiro atoms. The molecule has 0 saturated carbocycles. The third kappa shape index (κ3) is 5.91. The minimum Gasteiger partial charge on any atom is -0.391 e. The monoisotopic (exact) mass is 205 g/mol. The van der Waals surface area contributed by atoms with Gasteiger partial charge in [-0.2, -0.15) is 0 Å². The quantitative estimate of drug-likeness (QED) is 0.710. The van der Waals surface area contributed by atoms with Gasteiger partial charge in [-0.25, -0.2) is 4.39 Å². The zero-order valence-corrected chi connectivity index (χ0v) is 9.30. The molecule has 14 heavy (non-hydrogen) atoms. The highest BCUT2D eigenvalue weighted by Crippen LogP contribution is 2.08. The van der Waals surface area contributed by atoms with Crippen molar-refractivity contribution in [3.8, 4) is 0 Å². The number of nitrogens with one attached hydrogen (secondary N) is 1. The van der Waals surface area contributed by atoms with E-state index in [-0.39, 0.29) is 6.54 Å². The second-order valence-corrected chi connectivity index (χ2v) is 4.47. The first-order chi connectivity index (χ1) is 6.23. The lowest BCUT2D eigenvalue weighted by Crippen LogP contribution is -2.42. The lowest BCUT2D eigenvalue weighted by molar-refractivity contribution is -0.131. The maximum Gasteiger partial charge on any atom is 0.257 e. The molecule has 0 aromatic heterocycles. The van der Waals surface area contributed by atoms with Gasteiger partial charge in [0, 0.05) is 6.54 Å². The Morgan fingerprint density at radius 1 is 1.50 bits per heavy atom. The second kappa shape index (κ2) is 5.29. The lowest BCUT2D eigenvalue weighted by Gasteiger charge is -2.17. The van der Waals surface area contributed by atoms with Crippen LogP contribution in [0.4, 0.5) is 4.39 Å².